The number of rotatable bonds is 8. The molecule has 0 saturated heterocycles. The zero-order valence-electron chi connectivity index (χ0n) is 7.33. The van der Waals surface area contributed by atoms with Crippen LogP contribution in [0.25, 0.3) is 0 Å². The summed E-state index contributed by atoms with van der Waals surface area (Å²) in [5.41, 5.74) is 4.73. The first-order chi connectivity index (χ1) is 6.27. The summed E-state index contributed by atoms with van der Waals surface area (Å²) in [6.07, 6.45) is -0.779. The third-order valence-electron chi connectivity index (χ3n) is 1.07. The third-order valence-corrected chi connectivity index (χ3v) is 1.39. The maximum Gasteiger partial charge on any atom is 0.404 e. The molecule has 0 fully saturated rings. The van der Waals surface area contributed by atoms with Crippen LogP contribution in [0, 0.1) is 0 Å². The Bertz CT molecular complexity index is 134. The van der Waals surface area contributed by atoms with E-state index in [9.17, 15) is 4.79 Å². The highest BCUT2D eigenvalue weighted by molar-refractivity contribution is 9.09. The lowest BCUT2D eigenvalue weighted by Crippen LogP contribution is -2.17. The van der Waals surface area contributed by atoms with E-state index in [0.717, 1.165) is 5.33 Å². The SMILES string of the molecule is NC(=O)OCCOCCOCCBr. The zero-order chi connectivity index (χ0) is 9.94. The lowest BCUT2D eigenvalue weighted by atomic mass is 10.7. The number of ether oxygens (including phenoxy) is 3. The third kappa shape index (κ3) is 11.7. The maximum atomic E-state index is 10.1. The fourth-order valence-electron chi connectivity index (χ4n) is 0.578. The van der Waals surface area contributed by atoms with Crippen LogP contribution in [0.15, 0.2) is 0 Å². The summed E-state index contributed by atoms with van der Waals surface area (Å²) in [7, 11) is 0. The van der Waals surface area contributed by atoms with E-state index in [1.54, 1.807) is 0 Å². The molecular formula is C7H14BrNO4. The lowest BCUT2D eigenvalue weighted by molar-refractivity contribution is 0.0335. The second-order valence-corrected chi connectivity index (χ2v) is 2.87. The highest BCUT2D eigenvalue weighted by Gasteiger charge is 1.93. The van der Waals surface area contributed by atoms with Crippen molar-refractivity contribution in [3.63, 3.8) is 0 Å². The van der Waals surface area contributed by atoms with Crippen molar-refractivity contribution in [2.24, 2.45) is 5.73 Å². The van der Waals surface area contributed by atoms with Gasteiger partial charge in [-0.3, -0.25) is 0 Å². The minimum atomic E-state index is -0.779. The first-order valence-corrected chi connectivity index (χ1v) is 5.03. The Morgan fingerprint density at radius 3 is 2.15 bits per heavy atom. The van der Waals surface area contributed by atoms with Crippen molar-refractivity contribution in [1.82, 2.24) is 0 Å². The Morgan fingerprint density at radius 2 is 1.62 bits per heavy atom. The average molecular weight is 256 g/mol. The summed E-state index contributed by atoms with van der Waals surface area (Å²) in [4.78, 5) is 10.1. The number of halogens is 1. The van der Waals surface area contributed by atoms with Gasteiger partial charge in [0, 0.05) is 5.33 Å². The predicted octanol–water partition coefficient (Wildman–Crippen LogP) is 0.510. The summed E-state index contributed by atoms with van der Waals surface area (Å²) in [5, 5.41) is 0.817. The highest BCUT2D eigenvalue weighted by Crippen LogP contribution is 1.83. The van der Waals surface area contributed by atoms with Gasteiger partial charge in [0.2, 0.25) is 0 Å². The van der Waals surface area contributed by atoms with Gasteiger partial charge < -0.3 is 19.9 Å². The minimum absolute atomic E-state index is 0.188. The molecule has 0 atom stereocenters. The summed E-state index contributed by atoms with van der Waals surface area (Å²) in [6, 6.07) is 0. The van der Waals surface area contributed by atoms with Crippen LogP contribution in [0.1, 0.15) is 0 Å². The van der Waals surface area contributed by atoms with E-state index in [-0.39, 0.29) is 6.61 Å². The van der Waals surface area contributed by atoms with Gasteiger partial charge in [0.1, 0.15) is 6.61 Å². The molecule has 0 aromatic carbocycles. The Morgan fingerprint density at radius 1 is 1.08 bits per heavy atom. The van der Waals surface area contributed by atoms with Gasteiger partial charge in [-0.05, 0) is 0 Å². The first-order valence-electron chi connectivity index (χ1n) is 3.91. The smallest absolute Gasteiger partial charge is 0.404 e. The Kier molecular flexibility index (Phi) is 9.51. The van der Waals surface area contributed by atoms with E-state index in [0.29, 0.717) is 26.4 Å². The van der Waals surface area contributed by atoms with E-state index in [1.807, 2.05) is 0 Å². The molecule has 13 heavy (non-hydrogen) atoms. The second kappa shape index (κ2) is 9.76. The first kappa shape index (κ1) is 12.7. The number of carbonyl (C=O) groups excluding carboxylic acids is 1. The normalized spacial score (nSPS) is 9.92. The summed E-state index contributed by atoms with van der Waals surface area (Å²) in [5.74, 6) is 0. The van der Waals surface area contributed by atoms with Gasteiger partial charge in [0.05, 0.1) is 26.4 Å². The molecule has 5 nitrogen and oxygen atoms in total. The van der Waals surface area contributed by atoms with Gasteiger partial charge >= 0.3 is 6.09 Å². The van der Waals surface area contributed by atoms with Crippen LogP contribution >= 0.6 is 15.9 Å². The quantitative estimate of drug-likeness (QED) is 0.507. The van der Waals surface area contributed by atoms with Gasteiger partial charge in [0.25, 0.3) is 0 Å². The highest BCUT2D eigenvalue weighted by atomic mass is 79.9. The van der Waals surface area contributed by atoms with Crippen molar-refractivity contribution in [1.29, 1.82) is 0 Å². The molecule has 0 aromatic heterocycles. The predicted molar refractivity (Wildman–Crippen MR) is 51.0 cm³/mol. The number of nitrogens with two attached hydrogens (primary N) is 1. The molecule has 1 amide bonds. The van der Waals surface area contributed by atoms with Gasteiger partial charge in [-0.25, -0.2) is 4.79 Å². The van der Waals surface area contributed by atoms with E-state index in [4.69, 9.17) is 15.2 Å². The fourth-order valence-corrected chi connectivity index (χ4v) is 0.807. The molecule has 0 aliphatic heterocycles. The molecule has 0 aliphatic rings. The van der Waals surface area contributed by atoms with Crippen molar-refractivity contribution in [2.75, 3.05) is 38.4 Å². The molecule has 78 valence electrons. The summed E-state index contributed by atoms with van der Waals surface area (Å²) in [6.45, 7) is 2.24. The second-order valence-electron chi connectivity index (χ2n) is 2.08. The van der Waals surface area contributed by atoms with Gasteiger partial charge in [-0.1, -0.05) is 15.9 Å². The van der Waals surface area contributed by atoms with Crippen LogP contribution in [-0.2, 0) is 14.2 Å². The van der Waals surface area contributed by atoms with Crippen LogP contribution in [0.3, 0.4) is 0 Å². The molecule has 0 spiro atoms. The summed E-state index contributed by atoms with van der Waals surface area (Å²) >= 11 is 3.22. The Balaban J connectivity index is 2.87. The van der Waals surface area contributed by atoms with Gasteiger partial charge in [-0.2, -0.15) is 0 Å². The fraction of sp³-hybridized carbons (Fsp3) is 0.857. The molecule has 0 heterocycles. The molecule has 0 aliphatic carbocycles. The Hall–Kier alpha value is -0.330. The molecule has 0 radical (unpaired) electrons. The van der Waals surface area contributed by atoms with Crippen LogP contribution in [0.2, 0.25) is 0 Å². The molecule has 2 N–H and O–H groups in total. The maximum absolute atomic E-state index is 10.1. The van der Waals surface area contributed by atoms with Gasteiger partial charge in [-0.15, -0.1) is 0 Å². The topological polar surface area (TPSA) is 70.8 Å². The van der Waals surface area contributed by atoms with Crippen LogP contribution < -0.4 is 5.73 Å². The van der Waals surface area contributed by atoms with E-state index in [1.165, 1.54) is 0 Å². The number of hydrogen-bond donors (Lipinski definition) is 1. The molecule has 6 heteroatoms. The van der Waals surface area contributed by atoms with Crippen molar-refractivity contribution >= 4 is 22.0 Å². The molecule has 0 rings (SSSR count). The molecule has 0 unspecified atom stereocenters. The zero-order valence-corrected chi connectivity index (χ0v) is 8.92. The standard InChI is InChI=1S/C7H14BrNO4/c8-1-2-11-3-4-12-5-6-13-7(9)10/h1-6H2,(H2,9,10). The van der Waals surface area contributed by atoms with Crippen molar-refractivity contribution in [2.45, 2.75) is 0 Å². The van der Waals surface area contributed by atoms with Crippen molar-refractivity contribution < 1.29 is 19.0 Å². The van der Waals surface area contributed by atoms with E-state index >= 15 is 0 Å². The number of carbonyl (C=O) groups is 1. The number of alkyl halides is 1. The monoisotopic (exact) mass is 255 g/mol. The number of primary amides is 1. The van der Waals surface area contributed by atoms with Crippen molar-refractivity contribution in [3.05, 3.63) is 0 Å². The van der Waals surface area contributed by atoms with Crippen LogP contribution in [0.4, 0.5) is 4.79 Å². The molecular weight excluding hydrogens is 242 g/mol. The minimum Gasteiger partial charge on any atom is -0.447 e. The number of amides is 1. The number of hydrogen-bond acceptors (Lipinski definition) is 4. The molecule has 0 bridgehead atoms. The van der Waals surface area contributed by atoms with Crippen molar-refractivity contribution in [3.8, 4) is 0 Å². The van der Waals surface area contributed by atoms with E-state index < -0.39 is 6.09 Å². The van der Waals surface area contributed by atoms with Crippen LogP contribution in [-0.4, -0.2) is 44.5 Å². The molecule has 0 aromatic rings. The lowest BCUT2D eigenvalue weighted by Gasteiger charge is -2.04. The van der Waals surface area contributed by atoms with Gasteiger partial charge in [0.15, 0.2) is 0 Å². The molecule has 0 saturated carbocycles. The van der Waals surface area contributed by atoms with Crippen LogP contribution in [0.5, 0.6) is 0 Å². The van der Waals surface area contributed by atoms with E-state index in [2.05, 4.69) is 20.7 Å². The largest absolute Gasteiger partial charge is 0.447 e. The Labute approximate surface area is 85.6 Å². The summed E-state index contributed by atoms with van der Waals surface area (Å²) < 4.78 is 14.6. The average Bonchev–Trinajstić information content (AvgIpc) is 2.09.